The summed E-state index contributed by atoms with van der Waals surface area (Å²) in [4.78, 5) is 12.6. The van der Waals surface area contributed by atoms with Gasteiger partial charge in [-0.2, -0.15) is 0 Å². The number of hydrogen-bond acceptors (Lipinski definition) is 5. The SMILES string of the molecule is O=C(NCc1ccco1)c1ccc(S(=O)(=O)c2ccc(Cl)cc2)s1. The van der Waals surface area contributed by atoms with Crippen LogP contribution in [0.15, 0.2) is 68.3 Å². The number of furan rings is 1. The Morgan fingerprint density at radius 3 is 2.54 bits per heavy atom. The van der Waals surface area contributed by atoms with Gasteiger partial charge in [-0.15, -0.1) is 11.3 Å². The Morgan fingerprint density at radius 2 is 1.88 bits per heavy atom. The summed E-state index contributed by atoms with van der Waals surface area (Å²) in [5.41, 5.74) is 0. The van der Waals surface area contributed by atoms with E-state index >= 15 is 0 Å². The summed E-state index contributed by atoms with van der Waals surface area (Å²) in [6, 6.07) is 12.3. The number of halogens is 1. The standard InChI is InChI=1S/C16H12ClNO4S2/c17-11-3-5-13(6-4-11)24(20,21)15-8-7-14(23-15)16(19)18-10-12-2-1-9-22-12/h1-9H,10H2,(H,18,19). The van der Waals surface area contributed by atoms with Crippen molar-refractivity contribution < 1.29 is 17.6 Å². The zero-order valence-corrected chi connectivity index (χ0v) is 14.6. The smallest absolute Gasteiger partial charge is 0.261 e. The van der Waals surface area contributed by atoms with Crippen molar-refractivity contribution in [2.45, 2.75) is 15.6 Å². The van der Waals surface area contributed by atoms with E-state index in [0.717, 1.165) is 11.3 Å². The molecule has 1 aromatic carbocycles. The number of thiophene rings is 1. The van der Waals surface area contributed by atoms with Crippen molar-refractivity contribution >= 4 is 38.7 Å². The third kappa shape index (κ3) is 3.53. The van der Waals surface area contributed by atoms with E-state index < -0.39 is 9.84 Å². The van der Waals surface area contributed by atoms with E-state index in [4.69, 9.17) is 16.0 Å². The molecule has 124 valence electrons. The number of rotatable bonds is 5. The Bertz CT molecular complexity index is 944. The lowest BCUT2D eigenvalue weighted by Crippen LogP contribution is -2.21. The first kappa shape index (κ1) is 16.8. The molecule has 3 aromatic rings. The van der Waals surface area contributed by atoms with Crippen LogP contribution in [0.4, 0.5) is 0 Å². The fraction of sp³-hybridized carbons (Fsp3) is 0.0625. The molecular formula is C16H12ClNO4S2. The van der Waals surface area contributed by atoms with Crippen LogP contribution in [0.1, 0.15) is 15.4 Å². The molecule has 0 fully saturated rings. The number of carbonyl (C=O) groups excluding carboxylic acids is 1. The molecule has 3 rings (SSSR count). The number of amides is 1. The Morgan fingerprint density at radius 1 is 1.12 bits per heavy atom. The van der Waals surface area contributed by atoms with Gasteiger partial charge in [0.2, 0.25) is 9.84 Å². The molecule has 1 amide bonds. The predicted octanol–water partition coefficient (Wildman–Crippen LogP) is 3.76. The Kier molecular flexibility index (Phi) is 4.75. The van der Waals surface area contributed by atoms with Crippen molar-refractivity contribution in [2.75, 3.05) is 0 Å². The summed E-state index contributed by atoms with van der Waals surface area (Å²) in [7, 11) is -3.67. The van der Waals surface area contributed by atoms with Gasteiger partial charge in [-0.3, -0.25) is 4.79 Å². The summed E-state index contributed by atoms with van der Waals surface area (Å²) in [6.07, 6.45) is 1.52. The molecule has 0 aliphatic rings. The van der Waals surface area contributed by atoms with Gasteiger partial charge in [0, 0.05) is 5.02 Å². The average Bonchev–Trinajstić information content (AvgIpc) is 3.25. The Hall–Kier alpha value is -2.09. The zero-order chi connectivity index (χ0) is 17.2. The molecule has 0 unspecified atom stereocenters. The first-order chi connectivity index (χ1) is 11.5. The molecular weight excluding hydrogens is 370 g/mol. The molecule has 0 saturated carbocycles. The van der Waals surface area contributed by atoms with Gasteiger partial charge in [0.15, 0.2) is 0 Å². The van der Waals surface area contributed by atoms with E-state index in [1.807, 2.05) is 0 Å². The summed E-state index contributed by atoms with van der Waals surface area (Å²) in [5.74, 6) is 0.267. The summed E-state index contributed by atoms with van der Waals surface area (Å²) in [6.45, 7) is 0.239. The molecule has 0 radical (unpaired) electrons. The highest BCUT2D eigenvalue weighted by molar-refractivity contribution is 7.93. The van der Waals surface area contributed by atoms with Crippen LogP contribution >= 0.6 is 22.9 Å². The fourth-order valence-corrected chi connectivity index (χ4v) is 4.73. The molecule has 5 nitrogen and oxygen atoms in total. The van der Waals surface area contributed by atoms with E-state index in [0.29, 0.717) is 15.7 Å². The number of carbonyl (C=O) groups is 1. The average molecular weight is 382 g/mol. The quantitative estimate of drug-likeness (QED) is 0.730. The molecule has 0 atom stereocenters. The van der Waals surface area contributed by atoms with Crippen molar-refractivity contribution in [1.82, 2.24) is 5.32 Å². The molecule has 0 aliphatic heterocycles. The first-order valence-corrected chi connectivity index (χ1v) is 9.55. The lowest BCUT2D eigenvalue weighted by Gasteiger charge is -2.02. The number of benzene rings is 1. The van der Waals surface area contributed by atoms with Crippen LogP contribution in [-0.4, -0.2) is 14.3 Å². The topological polar surface area (TPSA) is 76.4 Å². The fourth-order valence-electron chi connectivity index (χ4n) is 1.98. The largest absolute Gasteiger partial charge is 0.467 e. The van der Waals surface area contributed by atoms with Gasteiger partial charge >= 0.3 is 0 Å². The molecule has 2 aromatic heterocycles. The van der Waals surface area contributed by atoms with Crippen LogP contribution < -0.4 is 5.32 Å². The van der Waals surface area contributed by atoms with Gasteiger partial charge in [-0.1, -0.05) is 11.6 Å². The highest BCUT2D eigenvalue weighted by atomic mass is 35.5. The van der Waals surface area contributed by atoms with Crippen LogP contribution in [0.25, 0.3) is 0 Å². The van der Waals surface area contributed by atoms with Gasteiger partial charge in [0.05, 0.1) is 22.6 Å². The molecule has 0 bridgehead atoms. The van der Waals surface area contributed by atoms with Crippen molar-refractivity contribution in [2.24, 2.45) is 0 Å². The van der Waals surface area contributed by atoms with Gasteiger partial charge < -0.3 is 9.73 Å². The van der Waals surface area contributed by atoms with Crippen molar-refractivity contribution in [3.8, 4) is 0 Å². The number of nitrogens with one attached hydrogen (secondary N) is 1. The second-order valence-electron chi connectivity index (χ2n) is 4.84. The summed E-state index contributed by atoms with van der Waals surface area (Å²) >= 11 is 6.70. The molecule has 0 aliphatic carbocycles. The van der Waals surface area contributed by atoms with Crippen molar-refractivity contribution in [3.05, 3.63) is 70.5 Å². The minimum atomic E-state index is -3.67. The Balaban J connectivity index is 1.77. The minimum absolute atomic E-state index is 0.105. The highest BCUT2D eigenvalue weighted by Crippen LogP contribution is 2.28. The zero-order valence-electron chi connectivity index (χ0n) is 12.2. The minimum Gasteiger partial charge on any atom is -0.467 e. The van der Waals surface area contributed by atoms with Crippen LogP contribution in [-0.2, 0) is 16.4 Å². The van der Waals surface area contributed by atoms with E-state index in [-0.39, 0.29) is 21.6 Å². The molecule has 0 spiro atoms. The monoisotopic (exact) mass is 381 g/mol. The maximum absolute atomic E-state index is 12.5. The van der Waals surface area contributed by atoms with E-state index in [1.165, 1.54) is 42.7 Å². The van der Waals surface area contributed by atoms with Crippen molar-refractivity contribution in [1.29, 1.82) is 0 Å². The molecule has 0 saturated heterocycles. The maximum Gasteiger partial charge on any atom is 0.261 e. The molecule has 2 heterocycles. The molecule has 24 heavy (non-hydrogen) atoms. The highest BCUT2D eigenvalue weighted by Gasteiger charge is 2.21. The van der Waals surface area contributed by atoms with E-state index in [2.05, 4.69) is 5.32 Å². The van der Waals surface area contributed by atoms with Gasteiger partial charge in [0.1, 0.15) is 9.97 Å². The van der Waals surface area contributed by atoms with Crippen molar-refractivity contribution in [3.63, 3.8) is 0 Å². The normalized spacial score (nSPS) is 11.4. The number of sulfone groups is 1. The van der Waals surface area contributed by atoms with Gasteiger partial charge in [0.25, 0.3) is 5.91 Å². The van der Waals surface area contributed by atoms with Crippen LogP contribution in [0.2, 0.25) is 5.02 Å². The lowest BCUT2D eigenvalue weighted by atomic mass is 10.4. The number of hydrogen-bond donors (Lipinski definition) is 1. The first-order valence-electron chi connectivity index (χ1n) is 6.88. The van der Waals surface area contributed by atoms with E-state index in [9.17, 15) is 13.2 Å². The van der Waals surface area contributed by atoms with E-state index in [1.54, 1.807) is 12.1 Å². The second kappa shape index (κ2) is 6.80. The van der Waals surface area contributed by atoms with Crippen LogP contribution in [0, 0.1) is 0 Å². The Labute approximate surface area is 147 Å². The van der Waals surface area contributed by atoms with Gasteiger partial charge in [-0.25, -0.2) is 8.42 Å². The van der Waals surface area contributed by atoms with Crippen LogP contribution in [0.3, 0.4) is 0 Å². The molecule has 8 heteroatoms. The summed E-state index contributed by atoms with van der Waals surface area (Å²) < 4.78 is 30.3. The summed E-state index contributed by atoms with van der Waals surface area (Å²) in [5, 5.41) is 3.14. The van der Waals surface area contributed by atoms with Gasteiger partial charge in [-0.05, 0) is 48.5 Å². The maximum atomic E-state index is 12.5. The lowest BCUT2D eigenvalue weighted by molar-refractivity contribution is 0.0952. The third-order valence-electron chi connectivity index (χ3n) is 3.20. The predicted molar refractivity (Wildman–Crippen MR) is 91.1 cm³/mol. The molecule has 1 N–H and O–H groups in total. The second-order valence-corrected chi connectivity index (χ2v) is 8.53. The van der Waals surface area contributed by atoms with Crippen LogP contribution in [0.5, 0.6) is 0 Å². The third-order valence-corrected chi connectivity index (χ3v) is 6.79.